The van der Waals surface area contributed by atoms with Gasteiger partial charge < -0.3 is 10.1 Å². The fourth-order valence-corrected chi connectivity index (χ4v) is 3.06. The second-order valence-corrected chi connectivity index (χ2v) is 6.27. The summed E-state index contributed by atoms with van der Waals surface area (Å²) >= 11 is 0. The molecule has 26 heavy (non-hydrogen) atoms. The third-order valence-corrected chi connectivity index (χ3v) is 4.43. The third-order valence-electron chi connectivity index (χ3n) is 4.43. The SMILES string of the molecule is O=C(Nc1ccccc1Cc1ccccc1)C1=Cc2ccccc2OC1. The highest BCUT2D eigenvalue weighted by Crippen LogP contribution is 2.27. The van der Waals surface area contributed by atoms with E-state index in [9.17, 15) is 4.79 Å². The fraction of sp³-hybridized carbons (Fsp3) is 0.0870. The Bertz CT molecular complexity index is 961. The smallest absolute Gasteiger partial charge is 0.255 e. The monoisotopic (exact) mass is 341 g/mol. The minimum absolute atomic E-state index is 0.125. The Balaban J connectivity index is 1.55. The lowest BCUT2D eigenvalue weighted by molar-refractivity contribution is -0.113. The maximum absolute atomic E-state index is 12.7. The summed E-state index contributed by atoms with van der Waals surface area (Å²) in [5, 5.41) is 3.04. The topological polar surface area (TPSA) is 38.3 Å². The highest BCUT2D eigenvalue weighted by atomic mass is 16.5. The van der Waals surface area contributed by atoms with Crippen molar-refractivity contribution < 1.29 is 9.53 Å². The second kappa shape index (κ2) is 7.28. The molecule has 3 nitrogen and oxygen atoms in total. The van der Waals surface area contributed by atoms with Gasteiger partial charge >= 0.3 is 0 Å². The van der Waals surface area contributed by atoms with Crippen molar-refractivity contribution >= 4 is 17.7 Å². The van der Waals surface area contributed by atoms with E-state index in [0.717, 1.165) is 29.0 Å². The molecule has 3 aromatic rings. The predicted molar refractivity (Wildman–Crippen MR) is 104 cm³/mol. The molecule has 3 heteroatoms. The van der Waals surface area contributed by atoms with Gasteiger partial charge in [-0.1, -0.05) is 66.7 Å². The molecule has 4 rings (SSSR count). The third kappa shape index (κ3) is 3.52. The van der Waals surface area contributed by atoms with Gasteiger partial charge in [0.15, 0.2) is 0 Å². The van der Waals surface area contributed by atoms with Crippen molar-refractivity contribution in [2.45, 2.75) is 6.42 Å². The van der Waals surface area contributed by atoms with E-state index < -0.39 is 0 Å². The molecule has 0 fully saturated rings. The highest BCUT2D eigenvalue weighted by molar-refractivity contribution is 6.07. The van der Waals surface area contributed by atoms with Crippen molar-refractivity contribution in [3.05, 3.63) is 101 Å². The molecule has 1 aliphatic rings. The fourth-order valence-electron chi connectivity index (χ4n) is 3.06. The van der Waals surface area contributed by atoms with Crippen LogP contribution in [0.1, 0.15) is 16.7 Å². The average molecular weight is 341 g/mol. The highest BCUT2D eigenvalue weighted by Gasteiger charge is 2.17. The zero-order valence-electron chi connectivity index (χ0n) is 14.3. The zero-order chi connectivity index (χ0) is 17.8. The van der Waals surface area contributed by atoms with Gasteiger partial charge in [-0.05, 0) is 35.8 Å². The maximum atomic E-state index is 12.7. The summed E-state index contributed by atoms with van der Waals surface area (Å²) in [5.74, 6) is 0.688. The van der Waals surface area contributed by atoms with Crippen molar-refractivity contribution in [3.8, 4) is 5.75 Å². The molecule has 0 radical (unpaired) electrons. The average Bonchev–Trinajstić information content (AvgIpc) is 2.70. The molecule has 0 unspecified atom stereocenters. The van der Waals surface area contributed by atoms with Crippen LogP contribution in [0.4, 0.5) is 5.69 Å². The summed E-state index contributed by atoms with van der Waals surface area (Å²) in [6.07, 6.45) is 2.67. The van der Waals surface area contributed by atoms with E-state index in [-0.39, 0.29) is 12.5 Å². The first-order valence-electron chi connectivity index (χ1n) is 8.65. The van der Waals surface area contributed by atoms with Crippen LogP contribution in [0.25, 0.3) is 6.08 Å². The number of nitrogens with one attached hydrogen (secondary N) is 1. The maximum Gasteiger partial charge on any atom is 0.255 e. The Morgan fingerprint density at radius 3 is 2.50 bits per heavy atom. The first-order chi connectivity index (χ1) is 12.8. The van der Waals surface area contributed by atoms with Crippen LogP contribution in [0.2, 0.25) is 0 Å². The van der Waals surface area contributed by atoms with Crippen LogP contribution in [0.5, 0.6) is 5.75 Å². The molecule has 0 aliphatic carbocycles. The molecule has 128 valence electrons. The molecule has 0 spiro atoms. The van der Waals surface area contributed by atoms with Crippen LogP contribution in [0.3, 0.4) is 0 Å². The predicted octanol–water partition coefficient (Wildman–Crippen LogP) is 4.69. The van der Waals surface area contributed by atoms with E-state index in [1.807, 2.05) is 72.8 Å². The molecule has 0 atom stereocenters. The first-order valence-corrected chi connectivity index (χ1v) is 8.65. The van der Waals surface area contributed by atoms with Crippen LogP contribution >= 0.6 is 0 Å². The molecule has 0 saturated carbocycles. The van der Waals surface area contributed by atoms with Crippen LogP contribution in [-0.4, -0.2) is 12.5 Å². The van der Waals surface area contributed by atoms with Gasteiger partial charge in [-0.25, -0.2) is 0 Å². The van der Waals surface area contributed by atoms with E-state index in [1.165, 1.54) is 5.56 Å². The number of rotatable bonds is 4. The van der Waals surface area contributed by atoms with Gasteiger partial charge in [0, 0.05) is 11.3 Å². The Morgan fingerprint density at radius 2 is 1.62 bits per heavy atom. The van der Waals surface area contributed by atoms with E-state index in [4.69, 9.17) is 4.74 Å². The van der Waals surface area contributed by atoms with Crippen molar-refractivity contribution in [1.29, 1.82) is 0 Å². The minimum Gasteiger partial charge on any atom is -0.488 e. The van der Waals surface area contributed by atoms with E-state index in [1.54, 1.807) is 0 Å². The number of carbonyl (C=O) groups excluding carboxylic acids is 1. The number of anilines is 1. The summed E-state index contributed by atoms with van der Waals surface area (Å²) in [7, 11) is 0. The Hall–Kier alpha value is -3.33. The number of amides is 1. The summed E-state index contributed by atoms with van der Waals surface area (Å²) in [4.78, 5) is 12.7. The van der Waals surface area contributed by atoms with E-state index in [0.29, 0.717) is 5.57 Å². The largest absolute Gasteiger partial charge is 0.488 e. The molecule has 1 N–H and O–H groups in total. The van der Waals surface area contributed by atoms with Gasteiger partial charge in [-0.2, -0.15) is 0 Å². The standard InChI is InChI=1S/C23H19NO2/c25-23(20-15-19-11-5-7-13-22(19)26-16-20)24-21-12-6-4-10-18(21)14-17-8-2-1-3-9-17/h1-13,15H,14,16H2,(H,24,25). The van der Waals surface area contributed by atoms with Gasteiger partial charge in [0.1, 0.15) is 12.4 Å². The van der Waals surface area contributed by atoms with Crippen molar-refractivity contribution in [2.24, 2.45) is 0 Å². The molecule has 0 bridgehead atoms. The minimum atomic E-state index is -0.125. The molecule has 1 aliphatic heterocycles. The van der Waals surface area contributed by atoms with E-state index >= 15 is 0 Å². The Morgan fingerprint density at radius 1 is 0.885 bits per heavy atom. The van der Waals surface area contributed by atoms with Gasteiger partial charge in [-0.3, -0.25) is 4.79 Å². The quantitative estimate of drug-likeness (QED) is 0.747. The molecular weight excluding hydrogens is 322 g/mol. The lowest BCUT2D eigenvalue weighted by Gasteiger charge is -2.18. The van der Waals surface area contributed by atoms with Gasteiger partial charge in [0.2, 0.25) is 0 Å². The molecule has 0 aromatic heterocycles. The van der Waals surface area contributed by atoms with Gasteiger partial charge in [-0.15, -0.1) is 0 Å². The number of carbonyl (C=O) groups is 1. The second-order valence-electron chi connectivity index (χ2n) is 6.27. The Labute approximate surface area is 152 Å². The van der Waals surface area contributed by atoms with Crippen LogP contribution < -0.4 is 10.1 Å². The van der Waals surface area contributed by atoms with Crippen LogP contribution in [-0.2, 0) is 11.2 Å². The molecule has 1 heterocycles. The first kappa shape index (κ1) is 16.2. The molecular formula is C23H19NO2. The number of benzene rings is 3. The Kier molecular flexibility index (Phi) is 4.52. The van der Waals surface area contributed by atoms with Gasteiger partial charge in [0.05, 0.1) is 5.57 Å². The molecule has 1 amide bonds. The summed E-state index contributed by atoms with van der Waals surface area (Å²) < 4.78 is 5.69. The van der Waals surface area contributed by atoms with Crippen molar-refractivity contribution in [2.75, 3.05) is 11.9 Å². The van der Waals surface area contributed by atoms with Crippen LogP contribution in [0.15, 0.2) is 84.4 Å². The number of hydrogen-bond acceptors (Lipinski definition) is 2. The van der Waals surface area contributed by atoms with Crippen molar-refractivity contribution in [3.63, 3.8) is 0 Å². The van der Waals surface area contributed by atoms with E-state index in [2.05, 4.69) is 17.4 Å². The lowest BCUT2D eigenvalue weighted by atomic mass is 10.0. The number of ether oxygens (including phenoxy) is 1. The number of fused-ring (bicyclic) bond motifs is 1. The summed E-state index contributed by atoms with van der Waals surface area (Å²) in [6.45, 7) is 0.281. The number of hydrogen-bond donors (Lipinski definition) is 1. The van der Waals surface area contributed by atoms with Crippen molar-refractivity contribution in [1.82, 2.24) is 0 Å². The van der Waals surface area contributed by atoms with Gasteiger partial charge in [0.25, 0.3) is 5.91 Å². The van der Waals surface area contributed by atoms with Crippen LogP contribution in [0, 0.1) is 0 Å². The molecule has 3 aromatic carbocycles. The summed E-state index contributed by atoms with van der Waals surface area (Å²) in [5.41, 5.74) is 4.69. The zero-order valence-corrected chi connectivity index (χ0v) is 14.3. The number of para-hydroxylation sites is 2. The lowest BCUT2D eigenvalue weighted by Crippen LogP contribution is -2.21. The normalized spacial score (nSPS) is 12.5. The molecule has 0 saturated heterocycles. The summed E-state index contributed by atoms with van der Waals surface area (Å²) in [6, 6.07) is 25.9.